The van der Waals surface area contributed by atoms with Gasteiger partial charge in [0.15, 0.2) is 0 Å². The Morgan fingerprint density at radius 1 is 1.33 bits per heavy atom. The topological polar surface area (TPSA) is 29.5 Å². The van der Waals surface area contributed by atoms with Crippen molar-refractivity contribution in [1.29, 1.82) is 0 Å². The van der Waals surface area contributed by atoms with Crippen LogP contribution in [0.25, 0.3) is 0 Å². The van der Waals surface area contributed by atoms with Crippen LogP contribution in [-0.4, -0.2) is 24.1 Å². The summed E-state index contributed by atoms with van der Waals surface area (Å²) in [6, 6.07) is 8.00. The standard InChI is InChI=1S/C15H21NO2/c1-12-7-9-16(10-8-12)15(17)18-11-14-6-4-3-5-13(14)2/h3-6,12H,7-11H2,1-2H3. The number of aryl methyl sites for hydroxylation is 1. The second kappa shape index (κ2) is 5.89. The van der Waals surface area contributed by atoms with E-state index in [1.807, 2.05) is 36.1 Å². The average Bonchev–Trinajstić information content (AvgIpc) is 2.38. The van der Waals surface area contributed by atoms with E-state index in [4.69, 9.17) is 4.74 Å². The number of likely N-dealkylation sites (tertiary alicyclic amines) is 1. The zero-order valence-corrected chi connectivity index (χ0v) is 11.2. The maximum atomic E-state index is 11.9. The first-order chi connectivity index (χ1) is 8.66. The third-order valence-corrected chi connectivity index (χ3v) is 3.65. The monoisotopic (exact) mass is 247 g/mol. The number of carbonyl (C=O) groups is 1. The molecule has 0 atom stereocenters. The van der Waals surface area contributed by atoms with Gasteiger partial charge in [0.25, 0.3) is 0 Å². The van der Waals surface area contributed by atoms with Crippen LogP contribution >= 0.6 is 0 Å². The molecule has 98 valence electrons. The predicted octanol–water partition coefficient (Wildman–Crippen LogP) is 3.36. The van der Waals surface area contributed by atoms with E-state index < -0.39 is 0 Å². The Morgan fingerprint density at radius 2 is 2.00 bits per heavy atom. The molecule has 3 nitrogen and oxygen atoms in total. The minimum atomic E-state index is -0.176. The van der Waals surface area contributed by atoms with Gasteiger partial charge in [-0.15, -0.1) is 0 Å². The molecule has 1 aliphatic rings. The maximum absolute atomic E-state index is 11.9. The molecule has 0 saturated carbocycles. The van der Waals surface area contributed by atoms with Gasteiger partial charge in [-0.25, -0.2) is 4.79 Å². The second-order valence-electron chi connectivity index (χ2n) is 5.15. The summed E-state index contributed by atoms with van der Waals surface area (Å²) in [6.45, 7) is 6.29. The first-order valence-electron chi connectivity index (χ1n) is 6.63. The van der Waals surface area contributed by atoms with Gasteiger partial charge in [-0.2, -0.15) is 0 Å². The molecule has 1 aliphatic heterocycles. The van der Waals surface area contributed by atoms with Gasteiger partial charge in [0.2, 0.25) is 0 Å². The van der Waals surface area contributed by atoms with Crippen LogP contribution in [0.1, 0.15) is 30.9 Å². The van der Waals surface area contributed by atoms with Crippen molar-refractivity contribution in [1.82, 2.24) is 4.90 Å². The Balaban J connectivity index is 1.83. The van der Waals surface area contributed by atoms with E-state index in [1.54, 1.807) is 0 Å². The van der Waals surface area contributed by atoms with Crippen LogP contribution in [0.2, 0.25) is 0 Å². The number of amides is 1. The molecule has 1 saturated heterocycles. The van der Waals surface area contributed by atoms with E-state index in [0.717, 1.165) is 43.0 Å². The molecule has 0 N–H and O–H groups in total. The fourth-order valence-corrected chi connectivity index (χ4v) is 2.19. The van der Waals surface area contributed by atoms with Crippen molar-refractivity contribution < 1.29 is 9.53 Å². The second-order valence-corrected chi connectivity index (χ2v) is 5.15. The summed E-state index contributed by atoms with van der Waals surface area (Å²) in [4.78, 5) is 13.7. The van der Waals surface area contributed by atoms with Gasteiger partial charge in [0.05, 0.1) is 0 Å². The highest BCUT2D eigenvalue weighted by Gasteiger charge is 2.21. The van der Waals surface area contributed by atoms with Crippen molar-refractivity contribution in [3.63, 3.8) is 0 Å². The van der Waals surface area contributed by atoms with Crippen LogP contribution in [0.15, 0.2) is 24.3 Å². The highest BCUT2D eigenvalue weighted by molar-refractivity contribution is 5.67. The third kappa shape index (κ3) is 3.25. The van der Waals surface area contributed by atoms with Gasteiger partial charge in [-0.1, -0.05) is 31.2 Å². The van der Waals surface area contributed by atoms with Gasteiger partial charge in [0, 0.05) is 13.1 Å². The van der Waals surface area contributed by atoms with Gasteiger partial charge in [-0.3, -0.25) is 0 Å². The summed E-state index contributed by atoms with van der Waals surface area (Å²) in [5, 5.41) is 0. The van der Waals surface area contributed by atoms with Crippen LogP contribution in [0, 0.1) is 12.8 Å². The molecular weight excluding hydrogens is 226 g/mol. The van der Waals surface area contributed by atoms with Crippen molar-refractivity contribution in [3.8, 4) is 0 Å². The lowest BCUT2D eigenvalue weighted by atomic mass is 10.00. The molecule has 0 spiro atoms. The number of benzene rings is 1. The number of ether oxygens (including phenoxy) is 1. The van der Waals surface area contributed by atoms with Gasteiger partial charge < -0.3 is 9.64 Å². The summed E-state index contributed by atoms with van der Waals surface area (Å²) < 4.78 is 5.37. The zero-order chi connectivity index (χ0) is 13.0. The smallest absolute Gasteiger partial charge is 0.410 e. The van der Waals surface area contributed by atoms with Crippen molar-refractivity contribution in [2.45, 2.75) is 33.3 Å². The highest BCUT2D eigenvalue weighted by Crippen LogP contribution is 2.17. The molecule has 18 heavy (non-hydrogen) atoms. The number of nitrogens with zero attached hydrogens (tertiary/aromatic N) is 1. The number of carbonyl (C=O) groups excluding carboxylic acids is 1. The zero-order valence-electron chi connectivity index (χ0n) is 11.2. The molecule has 1 amide bonds. The minimum Gasteiger partial charge on any atom is -0.445 e. The van der Waals surface area contributed by atoms with E-state index in [1.165, 1.54) is 0 Å². The molecule has 0 unspecified atom stereocenters. The molecule has 2 rings (SSSR count). The molecule has 3 heteroatoms. The van der Waals surface area contributed by atoms with Crippen molar-refractivity contribution in [2.75, 3.05) is 13.1 Å². The van der Waals surface area contributed by atoms with Crippen LogP contribution < -0.4 is 0 Å². The number of hydrogen-bond acceptors (Lipinski definition) is 2. The summed E-state index contributed by atoms with van der Waals surface area (Å²) >= 11 is 0. The molecule has 0 radical (unpaired) electrons. The Bertz CT molecular complexity index is 409. The van der Waals surface area contributed by atoms with Gasteiger partial charge >= 0.3 is 6.09 Å². The normalized spacial score (nSPS) is 16.7. The minimum absolute atomic E-state index is 0.176. The molecule has 1 aromatic carbocycles. The SMILES string of the molecule is Cc1ccccc1COC(=O)N1CCC(C)CC1. The Morgan fingerprint density at radius 3 is 2.67 bits per heavy atom. The summed E-state index contributed by atoms with van der Waals surface area (Å²) in [6.07, 6.45) is 1.99. The Hall–Kier alpha value is -1.51. The summed E-state index contributed by atoms with van der Waals surface area (Å²) in [7, 11) is 0. The lowest BCUT2D eigenvalue weighted by Crippen LogP contribution is -2.38. The molecule has 1 fully saturated rings. The molecular formula is C15H21NO2. The Labute approximate surface area is 109 Å². The average molecular weight is 247 g/mol. The van der Waals surface area contributed by atoms with Crippen molar-refractivity contribution in [3.05, 3.63) is 35.4 Å². The highest BCUT2D eigenvalue weighted by atomic mass is 16.6. The summed E-state index contributed by atoms with van der Waals surface area (Å²) in [5.74, 6) is 0.727. The van der Waals surface area contributed by atoms with E-state index in [9.17, 15) is 4.79 Å². The largest absolute Gasteiger partial charge is 0.445 e. The molecule has 1 heterocycles. The van der Waals surface area contributed by atoms with Gasteiger partial charge in [-0.05, 0) is 36.8 Å². The van der Waals surface area contributed by atoms with Gasteiger partial charge in [0.1, 0.15) is 6.61 Å². The van der Waals surface area contributed by atoms with Crippen molar-refractivity contribution >= 4 is 6.09 Å². The quantitative estimate of drug-likeness (QED) is 0.802. The van der Waals surface area contributed by atoms with Crippen LogP contribution in [0.4, 0.5) is 4.79 Å². The number of piperidine rings is 1. The third-order valence-electron chi connectivity index (χ3n) is 3.65. The van der Waals surface area contributed by atoms with Crippen molar-refractivity contribution in [2.24, 2.45) is 5.92 Å². The van der Waals surface area contributed by atoms with Crippen LogP contribution in [-0.2, 0) is 11.3 Å². The van der Waals surface area contributed by atoms with E-state index in [0.29, 0.717) is 6.61 Å². The lowest BCUT2D eigenvalue weighted by Gasteiger charge is -2.29. The molecule has 1 aromatic rings. The Kier molecular flexibility index (Phi) is 4.24. The lowest BCUT2D eigenvalue weighted by molar-refractivity contribution is 0.0836. The number of hydrogen-bond donors (Lipinski definition) is 0. The molecule has 0 aliphatic carbocycles. The number of rotatable bonds is 2. The summed E-state index contributed by atoms with van der Waals surface area (Å²) in [5.41, 5.74) is 2.24. The fourth-order valence-electron chi connectivity index (χ4n) is 2.19. The van der Waals surface area contributed by atoms with E-state index in [-0.39, 0.29) is 6.09 Å². The van der Waals surface area contributed by atoms with Crippen LogP contribution in [0.3, 0.4) is 0 Å². The fraction of sp³-hybridized carbons (Fsp3) is 0.533. The molecule has 0 bridgehead atoms. The predicted molar refractivity (Wildman–Crippen MR) is 71.3 cm³/mol. The van der Waals surface area contributed by atoms with E-state index in [2.05, 4.69) is 6.92 Å². The van der Waals surface area contributed by atoms with Crippen LogP contribution in [0.5, 0.6) is 0 Å². The van der Waals surface area contributed by atoms with E-state index >= 15 is 0 Å². The maximum Gasteiger partial charge on any atom is 0.410 e. The first-order valence-corrected chi connectivity index (χ1v) is 6.63. The first kappa shape index (κ1) is 12.9. The molecule has 0 aromatic heterocycles.